The number of morpholine rings is 1. The van der Waals surface area contributed by atoms with Gasteiger partial charge < -0.3 is 15.0 Å². The van der Waals surface area contributed by atoms with Gasteiger partial charge in [0.25, 0.3) is 0 Å². The molecule has 0 saturated carbocycles. The molecule has 0 radical (unpaired) electrons. The van der Waals surface area contributed by atoms with E-state index in [0.717, 1.165) is 4.47 Å². The number of rotatable bonds is 5. The quantitative estimate of drug-likeness (QED) is 0.596. The summed E-state index contributed by atoms with van der Waals surface area (Å²) in [6.07, 6.45) is 1.26. The van der Waals surface area contributed by atoms with E-state index in [2.05, 4.69) is 31.2 Å². The van der Waals surface area contributed by atoms with Crippen LogP contribution in [0.5, 0.6) is 0 Å². The molecule has 1 aromatic heterocycles. The van der Waals surface area contributed by atoms with Crippen molar-refractivity contribution in [3.63, 3.8) is 0 Å². The SMILES string of the molecule is O=[N+]([O-])c1c(NCc2cc(Br)ccc2F)ncnc1N1CCOCC1. The molecule has 8 nitrogen and oxygen atoms in total. The number of hydrogen-bond donors (Lipinski definition) is 1. The first-order valence-electron chi connectivity index (χ1n) is 7.56. The maximum absolute atomic E-state index is 13.9. The van der Waals surface area contributed by atoms with E-state index in [1.807, 2.05) is 0 Å². The van der Waals surface area contributed by atoms with Crippen molar-refractivity contribution in [1.29, 1.82) is 0 Å². The first kappa shape index (κ1) is 17.5. The van der Waals surface area contributed by atoms with E-state index in [0.29, 0.717) is 31.9 Å². The van der Waals surface area contributed by atoms with E-state index < -0.39 is 10.7 Å². The molecule has 1 aromatic carbocycles. The van der Waals surface area contributed by atoms with Gasteiger partial charge in [-0.05, 0) is 18.2 Å². The molecule has 1 fully saturated rings. The molecule has 0 aliphatic carbocycles. The molecule has 1 aliphatic heterocycles. The minimum Gasteiger partial charge on any atom is -0.378 e. The van der Waals surface area contributed by atoms with Gasteiger partial charge in [0.05, 0.1) is 18.1 Å². The third kappa shape index (κ3) is 4.02. The van der Waals surface area contributed by atoms with E-state index in [4.69, 9.17) is 4.74 Å². The Kier molecular flexibility index (Phi) is 5.39. The number of nitrogens with one attached hydrogen (secondary N) is 1. The second-order valence-corrected chi connectivity index (χ2v) is 6.26. The molecule has 0 atom stereocenters. The molecular formula is C15H15BrFN5O3. The van der Waals surface area contributed by atoms with Crippen molar-refractivity contribution in [3.05, 3.63) is 50.5 Å². The molecule has 1 aliphatic rings. The smallest absolute Gasteiger partial charge is 0.353 e. The molecule has 1 saturated heterocycles. The van der Waals surface area contributed by atoms with Crippen LogP contribution in [0.15, 0.2) is 29.0 Å². The van der Waals surface area contributed by atoms with Gasteiger partial charge in [-0.15, -0.1) is 0 Å². The summed E-state index contributed by atoms with van der Waals surface area (Å²) < 4.78 is 19.8. The van der Waals surface area contributed by atoms with Crippen LogP contribution in [-0.2, 0) is 11.3 Å². The molecule has 0 amide bonds. The number of ether oxygens (including phenoxy) is 1. The Labute approximate surface area is 151 Å². The van der Waals surface area contributed by atoms with Crippen molar-refractivity contribution >= 4 is 33.3 Å². The molecule has 0 unspecified atom stereocenters. The van der Waals surface area contributed by atoms with Gasteiger partial charge in [0.1, 0.15) is 12.1 Å². The van der Waals surface area contributed by atoms with E-state index >= 15 is 0 Å². The average molecular weight is 412 g/mol. The fourth-order valence-electron chi connectivity index (χ4n) is 2.53. The van der Waals surface area contributed by atoms with Crippen molar-refractivity contribution in [2.45, 2.75) is 6.54 Å². The molecule has 3 rings (SSSR count). The molecule has 10 heteroatoms. The summed E-state index contributed by atoms with van der Waals surface area (Å²) in [6, 6.07) is 4.52. The summed E-state index contributed by atoms with van der Waals surface area (Å²) in [5, 5.41) is 14.4. The van der Waals surface area contributed by atoms with Crippen molar-refractivity contribution in [1.82, 2.24) is 9.97 Å². The standard InChI is InChI=1S/C15H15BrFN5O3/c16-11-1-2-12(17)10(7-11)8-18-14-13(22(23)24)15(20-9-19-14)21-3-5-25-6-4-21/h1-2,7,9H,3-6,8H2,(H,18,19,20). The third-order valence-electron chi connectivity index (χ3n) is 3.75. The largest absolute Gasteiger partial charge is 0.378 e. The van der Waals surface area contributed by atoms with Crippen LogP contribution in [0, 0.1) is 15.9 Å². The number of halogens is 2. The van der Waals surface area contributed by atoms with Crippen molar-refractivity contribution in [2.75, 3.05) is 36.5 Å². The maximum atomic E-state index is 13.9. The minimum absolute atomic E-state index is 0.0564. The zero-order valence-corrected chi connectivity index (χ0v) is 14.7. The number of anilines is 2. The highest BCUT2D eigenvalue weighted by Gasteiger charge is 2.28. The van der Waals surface area contributed by atoms with E-state index in [1.54, 1.807) is 17.0 Å². The second-order valence-electron chi connectivity index (χ2n) is 5.34. The normalized spacial score (nSPS) is 14.4. The summed E-state index contributed by atoms with van der Waals surface area (Å²) in [7, 11) is 0. The summed E-state index contributed by atoms with van der Waals surface area (Å²) in [6.45, 7) is 2.04. The molecule has 25 heavy (non-hydrogen) atoms. The summed E-state index contributed by atoms with van der Waals surface area (Å²) >= 11 is 3.28. The highest BCUT2D eigenvalue weighted by molar-refractivity contribution is 9.10. The topological polar surface area (TPSA) is 93.4 Å². The lowest BCUT2D eigenvalue weighted by Crippen LogP contribution is -2.37. The molecule has 1 N–H and O–H groups in total. The van der Waals surface area contributed by atoms with Crippen LogP contribution in [0.4, 0.5) is 21.7 Å². The first-order valence-corrected chi connectivity index (χ1v) is 8.35. The van der Waals surface area contributed by atoms with Gasteiger partial charge in [-0.25, -0.2) is 14.4 Å². The molecule has 132 valence electrons. The van der Waals surface area contributed by atoms with Gasteiger partial charge in [-0.1, -0.05) is 15.9 Å². The van der Waals surface area contributed by atoms with Crippen LogP contribution in [-0.4, -0.2) is 41.2 Å². The molecule has 2 aromatic rings. The molecule has 2 heterocycles. The lowest BCUT2D eigenvalue weighted by molar-refractivity contribution is -0.383. The summed E-state index contributed by atoms with van der Waals surface area (Å²) in [4.78, 5) is 20.9. The van der Waals surface area contributed by atoms with Crippen molar-refractivity contribution in [2.24, 2.45) is 0 Å². The van der Waals surface area contributed by atoms with E-state index in [-0.39, 0.29) is 23.9 Å². The van der Waals surface area contributed by atoms with Crippen molar-refractivity contribution in [3.8, 4) is 0 Å². The second kappa shape index (κ2) is 7.70. The van der Waals surface area contributed by atoms with E-state index in [1.165, 1.54) is 12.4 Å². The van der Waals surface area contributed by atoms with Crippen LogP contribution in [0.2, 0.25) is 0 Å². The van der Waals surface area contributed by atoms with Crippen LogP contribution >= 0.6 is 15.9 Å². The van der Waals surface area contributed by atoms with Gasteiger partial charge in [0.15, 0.2) is 0 Å². The Hall–Kier alpha value is -2.33. The minimum atomic E-state index is -0.523. The Balaban J connectivity index is 1.87. The van der Waals surface area contributed by atoms with Crippen LogP contribution in [0.25, 0.3) is 0 Å². The first-order chi connectivity index (χ1) is 12.1. The summed E-state index contributed by atoms with van der Waals surface area (Å²) in [5.41, 5.74) is 0.148. The Morgan fingerprint density at radius 3 is 2.84 bits per heavy atom. The molecule has 0 spiro atoms. The number of benzene rings is 1. The predicted molar refractivity (Wildman–Crippen MR) is 93.1 cm³/mol. The number of nitrogens with zero attached hydrogens (tertiary/aromatic N) is 4. The van der Waals surface area contributed by atoms with Gasteiger partial charge in [-0.2, -0.15) is 0 Å². The van der Waals surface area contributed by atoms with Crippen LogP contribution in [0.3, 0.4) is 0 Å². The fourth-order valence-corrected chi connectivity index (χ4v) is 2.94. The van der Waals surface area contributed by atoms with Crippen molar-refractivity contribution < 1.29 is 14.1 Å². The zero-order valence-electron chi connectivity index (χ0n) is 13.1. The Morgan fingerprint density at radius 1 is 1.36 bits per heavy atom. The lowest BCUT2D eigenvalue weighted by atomic mass is 10.2. The highest BCUT2D eigenvalue weighted by atomic mass is 79.9. The molecular weight excluding hydrogens is 397 g/mol. The lowest BCUT2D eigenvalue weighted by Gasteiger charge is -2.27. The van der Waals surface area contributed by atoms with Crippen LogP contribution < -0.4 is 10.2 Å². The monoisotopic (exact) mass is 411 g/mol. The zero-order chi connectivity index (χ0) is 17.8. The number of hydrogen-bond acceptors (Lipinski definition) is 7. The van der Waals surface area contributed by atoms with Gasteiger partial charge in [-0.3, -0.25) is 10.1 Å². The Bertz CT molecular complexity index is 786. The summed E-state index contributed by atoms with van der Waals surface area (Å²) in [5.74, 6) is -0.109. The third-order valence-corrected chi connectivity index (χ3v) is 4.24. The number of aromatic nitrogens is 2. The Morgan fingerprint density at radius 2 is 2.12 bits per heavy atom. The van der Waals surface area contributed by atoms with Gasteiger partial charge >= 0.3 is 5.69 Å². The average Bonchev–Trinajstić information content (AvgIpc) is 2.62. The fraction of sp³-hybridized carbons (Fsp3) is 0.333. The predicted octanol–water partition coefficient (Wildman–Crippen LogP) is 2.74. The molecule has 0 bridgehead atoms. The van der Waals surface area contributed by atoms with Crippen LogP contribution in [0.1, 0.15) is 5.56 Å². The van der Waals surface area contributed by atoms with E-state index in [9.17, 15) is 14.5 Å². The number of nitro groups is 1. The maximum Gasteiger partial charge on any atom is 0.353 e. The highest BCUT2D eigenvalue weighted by Crippen LogP contribution is 2.32. The van der Waals surface area contributed by atoms with Gasteiger partial charge in [0, 0.05) is 29.7 Å². The van der Waals surface area contributed by atoms with Gasteiger partial charge in [0.2, 0.25) is 11.6 Å².